The van der Waals surface area contributed by atoms with Crippen LogP contribution in [0, 0.1) is 0 Å². The van der Waals surface area contributed by atoms with E-state index in [4.69, 9.17) is 0 Å². The van der Waals surface area contributed by atoms with Crippen LogP contribution in [0.5, 0.6) is 0 Å². The molecule has 4 heteroatoms. The first-order valence-corrected chi connectivity index (χ1v) is 7.94. The smallest absolute Gasteiger partial charge is 0.225 e. The molecule has 1 atom stereocenters. The van der Waals surface area contributed by atoms with E-state index in [1.165, 1.54) is 18.5 Å². The highest BCUT2D eigenvalue weighted by Gasteiger charge is 2.27. The lowest BCUT2D eigenvalue weighted by Crippen LogP contribution is -2.28. The molecule has 4 nitrogen and oxygen atoms in total. The maximum atomic E-state index is 12.1. The number of para-hydroxylation sites is 1. The predicted molar refractivity (Wildman–Crippen MR) is 88.6 cm³/mol. The minimum absolute atomic E-state index is 0.0868. The van der Waals surface area contributed by atoms with Crippen molar-refractivity contribution in [2.75, 3.05) is 18.4 Å². The van der Waals surface area contributed by atoms with Gasteiger partial charge in [-0.25, -0.2) is 0 Å². The lowest BCUT2D eigenvalue weighted by atomic mass is 10.1. The molecule has 1 aromatic heterocycles. The number of hydrogen-bond donors (Lipinski definition) is 1. The molecule has 1 aromatic carbocycles. The molecule has 0 saturated carbocycles. The van der Waals surface area contributed by atoms with Gasteiger partial charge in [0, 0.05) is 37.6 Å². The molecule has 2 heterocycles. The maximum absolute atomic E-state index is 12.1. The Morgan fingerprint density at radius 1 is 1.23 bits per heavy atom. The molecule has 0 bridgehead atoms. The van der Waals surface area contributed by atoms with E-state index in [0.29, 0.717) is 12.5 Å². The van der Waals surface area contributed by atoms with Gasteiger partial charge in [-0.2, -0.15) is 0 Å². The zero-order chi connectivity index (χ0) is 15.4. The van der Waals surface area contributed by atoms with Crippen molar-refractivity contribution in [2.45, 2.75) is 25.3 Å². The number of aromatic nitrogens is 1. The molecule has 0 unspecified atom stereocenters. The molecule has 3 rings (SSSR count). The Kier molecular flexibility index (Phi) is 4.59. The van der Waals surface area contributed by atoms with Crippen LogP contribution in [0.1, 0.15) is 31.0 Å². The molecule has 1 aliphatic rings. The van der Waals surface area contributed by atoms with Crippen molar-refractivity contribution in [3.05, 3.63) is 54.4 Å². The fraction of sp³-hybridized carbons (Fsp3) is 0.389. The summed E-state index contributed by atoms with van der Waals surface area (Å²) < 4.78 is 2.19. The molecular weight excluding hydrogens is 274 g/mol. The number of anilines is 1. The molecule has 0 spiro atoms. The number of aryl methyl sites for hydroxylation is 1. The van der Waals surface area contributed by atoms with Crippen LogP contribution in [0.25, 0.3) is 0 Å². The van der Waals surface area contributed by atoms with Crippen LogP contribution in [0.3, 0.4) is 0 Å². The highest BCUT2D eigenvalue weighted by molar-refractivity contribution is 5.90. The van der Waals surface area contributed by atoms with E-state index in [0.717, 1.165) is 18.8 Å². The normalized spacial score (nSPS) is 18.5. The molecule has 0 radical (unpaired) electrons. The Hall–Kier alpha value is -2.07. The second-order valence-corrected chi connectivity index (χ2v) is 5.90. The van der Waals surface area contributed by atoms with Crippen LogP contribution in [0.2, 0.25) is 0 Å². The minimum Gasteiger partial charge on any atom is -0.353 e. The summed E-state index contributed by atoms with van der Waals surface area (Å²) >= 11 is 0. The number of benzene rings is 1. The third-order valence-electron chi connectivity index (χ3n) is 4.37. The van der Waals surface area contributed by atoms with Gasteiger partial charge in [-0.15, -0.1) is 0 Å². The van der Waals surface area contributed by atoms with Gasteiger partial charge in [-0.1, -0.05) is 18.2 Å². The number of carbonyl (C=O) groups excluding carboxylic acids is 1. The van der Waals surface area contributed by atoms with Gasteiger partial charge >= 0.3 is 0 Å². The van der Waals surface area contributed by atoms with E-state index in [9.17, 15) is 4.79 Å². The van der Waals surface area contributed by atoms with Crippen LogP contribution in [-0.2, 0) is 11.8 Å². The van der Waals surface area contributed by atoms with Gasteiger partial charge < -0.3 is 9.88 Å². The van der Waals surface area contributed by atoms with Gasteiger partial charge in [0.25, 0.3) is 0 Å². The van der Waals surface area contributed by atoms with Gasteiger partial charge in [0.2, 0.25) is 5.91 Å². The molecule has 22 heavy (non-hydrogen) atoms. The van der Waals surface area contributed by atoms with E-state index >= 15 is 0 Å². The second-order valence-electron chi connectivity index (χ2n) is 5.90. The van der Waals surface area contributed by atoms with E-state index in [1.807, 2.05) is 30.3 Å². The van der Waals surface area contributed by atoms with Gasteiger partial charge in [0.05, 0.1) is 6.04 Å². The van der Waals surface area contributed by atoms with Crippen molar-refractivity contribution in [2.24, 2.45) is 7.05 Å². The summed E-state index contributed by atoms with van der Waals surface area (Å²) in [5.74, 6) is 0.0868. The molecule has 0 aliphatic carbocycles. The number of nitrogens with zero attached hydrogens (tertiary/aromatic N) is 2. The minimum atomic E-state index is 0.0868. The molecule has 1 saturated heterocycles. The number of rotatable bonds is 5. The Labute approximate surface area is 131 Å². The van der Waals surface area contributed by atoms with Crippen molar-refractivity contribution in [3.8, 4) is 0 Å². The van der Waals surface area contributed by atoms with Crippen molar-refractivity contribution in [1.82, 2.24) is 9.47 Å². The molecule has 1 aliphatic heterocycles. The van der Waals surface area contributed by atoms with Crippen LogP contribution >= 0.6 is 0 Å². The Morgan fingerprint density at radius 2 is 2.05 bits per heavy atom. The van der Waals surface area contributed by atoms with Crippen molar-refractivity contribution >= 4 is 11.6 Å². The van der Waals surface area contributed by atoms with Gasteiger partial charge in [0.1, 0.15) is 0 Å². The van der Waals surface area contributed by atoms with Gasteiger partial charge in [0.15, 0.2) is 0 Å². The average molecular weight is 297 g/mol. The lowest BCUT2D eigenvalue weighted by molar-refractivity contribution is -0.116. The highest BCUT2D eigenvalue weighted by atomic mass is 16.1. The first kappa shape index (κ1) is 14.9. The maximum Gasteiger partial charge on any atom is 0.225 e. The monoisotopic (exact) mass is 297 g/mol. The lowest BCUT2D eigenvalue weighted by Gasteiger charge is -2.24. The second kappa shape index (κ2) is 6.79. The fourth-order valence-corrected chi connectivity index (χ4v) is 3.24. The predicted octanol–water partition coefficient (Wildman–Crippen LogP) is 3.19. The summed E-state index contributed by atoms with van der Waals surface area (Å²) in [4.78, 5) is 14.5. The van der Waals surface area contributed by atoms with Gasteiger partial charge in [-0.3, -0.25) is 9.69 Å². The van der Waals surface area contributed by atoms with Crippen molar-refractivity contribution < 1.29 is 4.79 Å². The van der Waals surface area contributed by atoms with Crippen molar-refractivity contribution in [1.29, 1.82) is 0 Å². The van der Waals surface area contributed by atoms with Crippen LogP contribution in [-0.4, -0.2) is 28.5 Å². The Bertz CT molecular complexity index is 620. The number of likely N-dealkylation sites (tertiary alicyclic amines) is 1. The van der Waals surface area contributed by atoms with E-state index in [1.54, 1.807) is 0 Å². The molecule has 1 N–H and O–H groups in total. The summed E-state index contributed by atoms with van der Waals surface area (Å²) in [6, 6.07) is 14.4. The SMILES string of the molecule is Cn1cccc1[C@@H]1CCCN1CCC(=O)Nc1ccccc1. The first-order valence-electron chi connectivity index (χ1n) is 7.94. The molecule has 2 aromatic rings. The standard InChI is InChI=1S/C18H23N3O/c1-20-12-5-9-16(20)17-10-6-13-21(17)14-11-18(22)19-15-7-3-2-4-8-15/h2-5,7-9,12,17H,6,10-11,13-14H2,1H3,(H,19,22)/t17-/m0/s1. The highest BCUT2D eigenvalue weighted by Crippen LogP contribution is 2.31. The zero-order valence-corrected chi connectivity index (χ0v) is 13.0. The molecular formula is C18H23N3O. The summed E-state index contributed by atoms with van der Waals surface area (Å²) in [7, 11) is 2.09. The van der Waals surface area contributed by atoms with Crippen LogP contribution < -0.4 is 5.32 Å². The number of hydrogen-bond acceptors (Lipinski definition) is 2. The Balaban J connectivity index is 1.54. The van der Waals surface area contributed by atoms with E-state index in [-0.39, 0.29) is 5.91 Å². The molecule has 1 amide bonds. The summed E-state index contributed by atoms with van der Waals surface area (Å²) in [5.41, 5.74) is 2.22. The fourth-order valence-electron chi connectivity index (χ4n) is 3.24. The first-order chi connectivity index (χ1) is 10.7. The van der Waals surface area contributed by atoms with Crippen molar-refractivity contribution in [3.63, 3.8) is 0 Å². The van der Waals surface area contributed by atoms with Crippen LogP contribution in [0.15, 0.2) is 48.7 Å². The third-order valence-corrected chi connectivity index (χ3v) is 4.37. The molecule has 1 fully saturated rings. The van der Waals surface area contributed by atoms with Crippen LogP contribution in [0.4, 0.5) is 5.69 Å². The quantitative estimate of drug-likeness (QED) is 0.920. The number of carbonyl (C=O) groups is 1. The van der Waals surface area contributed by atoms with E-state index in [2.05, 4.69) is 40.2 Å². The van der Waals surface area contributed by atoms with Gasteiger partial charge in [-0.05, 0) is 43.7 Å². The number of amides is 1. The summed E-state index contributed by atoms with van der Waals surface area (Å²) in [6.07, 6.45) is 5.01. The molecule has 116 valence electrons. The third kappa shape index (κ3) is 3.39. The van der Waals surface area contributed by atoms with E-state index < -0.39 is 0 Å². The largest absolute Gasteiger partial charge is 0.353 e. The summed E-state index contributed by atoms with van der Waals surface area (Å²) in [5, 5.41) is 2.96. The summed E-state index contributed by atoms with van der Waals surface area (Å²) in [6.45, 7) is 1.89. The topological polar surface area (TPSA) is 37.3 Å². The average Bonchev–Trinajstić information content (AvgIpc) is 3.14. The zero-order valence-electron chi connectivity index (χ0n) is 13.0. The Morgan fingerprint density at radius 3 is 2.77 bits per heavy atom. The number of nitrogens with one attached hydrogen (secondary N) is 1.